The highest BCUT2D eigenvalue weighted by molar-refractivity contribution is 5.95. The van der Waals surface area contributed by atoms with Gasteiger partial charge in [0.05, 0.1) is 12.7 Å². The molecule has 0 fully saturated rings. The van der Waals surface area contributed by atoms with E-state index in [4.69, 9.17) is 9.47 Å². The lowest BCUT2D eigenvalue weighted by molar-refractivity contribution is -0.152. The molecule has 0 saturated carbocycles. The summed E-state index contributed by atoms with van der Waals surface area (Å²) in [4.78, 5) is 65.5. The molecule has 0 bridgehead atoms. The Bertz CT molecular complexity index is 1320. The van der Waals surface area contributed by atoms with Crippen LogP contribution in [0.15, 0.2) is 60.7 Å². The molecule has 0 aliphatic heterocycles. The van der Waals surface area contributed by atoms with Crippen LogP contribution in [0.2, 0.25) is 0 Å². The number of hydrogen-bond acceptors (Lipinski definition) is 9. The third-order valence-corrected chi connectivity index (χ3v) is 7.16. The van der Waals surface area contributed by atoms with Crippen LogP contribution in [-0.2, 0) is 41.7 Å². The molecule has 13 heteroatoms. The van der Waals surface area contributed by atoms with Crippen molar-refractivity contribution in [3.05, 3.63) is 71.8 Å². The molecule has 0 heterocycles. The second-order valence-corrected chi connectivity index (χ2v) is 12.3. The third-order valence-electron chi connectivity index (χ3n) is 7.16. The quantitative estimate of drug-likeness (QED) is 0.146. The fourth-order valence-corrected chi connectivity index (χ4v) is 4.37. The number of aliphatic hydroxyl groups excluding tert-OH is 2. The summed E-state index contributed by atoms with van der Waals surface area (Å²) in [6.07, 6.45) is -1.68. The average Bonchev–Trinajstić information content (AvgIpc) is 3.02. The number of amides is 4. The molecule has 0 aliphatic carbocycles. The van der Waals surface area contributed by atoms with Gasteiger partial charge in [-0.05, 0) is 44.7 Å². The van der Waals surface area contributed by atoms with Gasteiger partial charge in [-0.2, -0.15) is 0 Å². The highest BCUT2D eigenvalue weighted by Crippen LogP contribution is 2.12. The van der Waals surface area contributed by atoms with E-state index >= 15 is 0 Å². The Kier molecular flexibility index (Phi) is 15.3. The number of aliphatic hydroxyl groups is 2. The number of ether oxygens (including phenoxy) is 2. The first kappa shape index (κ1) is 38.7. The van der Waals surface area contributed by atoms with Crippen molar-refractivity contribution in [3.63, 3.8) is 0 Å². The summed E-state index contributed by atoms with van der Waals surface area (Å²) >= 11 is 0. The van der Waals surface area contributed by atoms with Gasteiger partial charge < -0.3 is 41.0 Å². The molecule has 6 atom stereocenters. The molecule has 2 rings (SSSR count). The number of nitrogens with one attached hydrogen (secondary N) is 4. The van der Waals surface area contributed by atoms with Crippen molar-refractivity contribution >= 4 is 29.8 Å². The van der Waals surface area contributed by atoms with Crippen LogP contribution in [0.5, 0.6) is 0 Å². The number of carbonyl (C=O) groups excluding carboxylic acids is 5. The highest BCUT2D eigenvalue weighted by atomic mass is 16.6. The average molecular weight is 657 g/mol. The van der Waals surface area contributed by atoms with Gasteiger partial charge in [0.2, 0.25) is 17.7 Å². The van der Waals surface area contributed by atoms with E-state index in [0.29, 0.717) is 17.5 Å². The number of carbonyl (C=O) groups is 5. The molecule has 13 nitrogen and oxygen atoms in total. The van der Waals surface area contributed by atoms with Gasteiger partial charge in [-0.3, -0.25) is 14.4 Å². The van der Waals surface area contributed by atoms with Gasteiger partial charge in [0.1, 0.15) is 30.3 Å². The predicted octanol–water partition coefficient (Wildman–Crippen LogP) is 1.74. The van der Waals surface area contributed by atoms with E-state index in [1.807, 2.05) is 13.0 Å². The molecule has 0 unspecified atom stereocenters. The Hall–Kier alpha value is -4.49. The summed E-state index contributed by atoms with van der Waals surface area (Å²) in [6.45, 7) is 9.00. The van der Waals surface area contributed by atoms with E-state index in [1.165, 1.54) is 6.92 Å². The summed E-state index contributed by atoms with van der Waals surface area (Å²) in [7, 11) is 0. The summed E-state index contributed by atoms with van der Waals surface area (Å²) < 4.78 is 10.6. The monoisotopic (exact) mass is 656 g/mol. The topological polar surface area (TPSA) is 192 Å². The molecule has 0 aromatic heterocycles. The smallest absolute Gasteiger partial charge is 0.408 e. The largest absolute Gasteiger partial charge is 0.459 e. The van der Waals surface area contributed by atoms with E-state index in [9.17, 15) is 34.2 Å². The number of rotatable bonds is 16. The van der Waals surface area contributed by atoms with Crippen molar-refractivity contribution in [3.8, 4) is 0 Å². The standard InChI is InChI=1S/C34H48N4O9/c1-7-21(2)27(38-33(45)47-34(4,5)6)31(43)36-26(19-39)30(42)35-25(18-23-14-10-8-11-15-23)29(41)37-28(22(3)40)32(44)46-20-24-16-12-9-13-17-24/h8-17,21-22,25-28,39-40H,7,18-20H2,1-6H3,(H,35,42)(H,36,43)(H,37,41)(H,38,45)/t21-,22+,25-,26-,27-,28-/m0/s1. The zero-order valence-electron chi connectivity index (χ0n) is 27.8. The van der Waals surface area contributed by atoms with Gasteiger partial charge in [0.15, 0.2) is 6.04 Å². The van der Waals surface area contributed by atoms with Crippen LogP contribution in [0, 0.1) is 5.92 Å². The van der Waals surface area contributed by atoms with Crippen LogP contribution in [0.1, 0.15) is 59.1 Å². The molecule has 2 aromatic rings. The lowest BCUT2D eigenvalue weighted by atomic mass is 9.98. The summed E-state index contributed by atoms with van der Waals surface area (Å²) in [5.41, 5.74) is 0.560. The Balaban J connectivity index is 2.21. The van der Waals surface area contributed by atoms with E-state index in [-0.39, 0.29) is 18.9 Å². The fourth-order valence-electron chi connectivity index (χ4n) is 4.37. The molecule has 4 amide bonds. The van der Waals surface area contributed by atoms with Crippen LogP contribution < -0.4 is 21.3 Å². The number of benzene rings is 2. The van der Waals surface area contributed by atoms with Crippen molar-refractivity contribution in [1.29, 1.82) is 0 Å². The minimum atomic E-state index is -1.50. The third kappa shape index (κ3) is 13.4. The Morgan fingerprint density at radius 2 is 1.28 bits per heavy atom. The first-order chi connectivity index (χ1) is 22.1. The van der Waals surface area contributed by atoms with Gasteiger partial charge in [-0.15, -0.1) is 0 Å². The summed E-state index contributed by atoms with van der Waals surface area (Å²) in [6, 6.07) is 12.3. The maximum absolute atomic E-state index is 13.5. The molecule has 2 aromatic carbocycles. The lowest BCUT2D eigenvalue weighted by Crippen LogP contribution is -2.60. The minimum Gasteiger partial charge on any atom is -0.459 e. The second-order valence-electron chi connectivity index (χ2n) is 12.3. The first-order valence-corrected chi connectivity index (χ1v) is 15.6. The molecule has 6 N–H and O–H groups in total. The molecule has 47 heavy (non-hydrogen) atoms. The van der Waals surface area contributed by atoms with Crippen LogP contribution in [0.25, 0.3) is 0 Å². The van der Waals surface area contributed by atoms with Crippen LogP contribution in [-0.4, -0.2) is 82.5 Å². The van der Waals surface area contributed by atoms with Crippen molar-refractivity contribution < 1.29 is 43.7 Å². The molecule has 0 radical (unpaired) electrons. The van der Waals surface area contributed by atoms with E-state index in [1.54, 1.807) is 82.3 Å². The van der Waals surface area contributed by atoms with Gasteiger partial charge >= 0.3 is 12.1 Å². The second kappa shape index (κ2) is 18.6. The maximum atomic E-state index is 13.5. The Morgan fingerprint density at radius 1 is 0.745 bits per heavy atom. The summed E-state index contributed by atoms with van der Waals surface area (Å²) in [5.74, 6) is -3.68. The fraction of sp³-hybridized carbons (Fsp3) is 0.500. The van der Waals surface area contributed by atoms with Gasteiger partial charge in [-0.1, -0.05) is 80.9 Å². The zero-order chi connectivity index (χ0) is 35.1. The zero-order valence-corrected chi connectivity index (χ0v) is 27.8. The van der Waals surface area contributed by atoms with Gasteiger partial charge in [-0.25, -0.2) is 9.59 Å². The molecular weight excluding hydrogens is 608 g/mol. The Labute approximate surface area is 275 Å². The van der Waals surface area contributed by atoms with Crippen LogP contribution in [0.3, 0.4) is 0 Å². The van der Waals surface area contributed by atoms with Crippen molar-refractivity contribution in [2.24, 2.45) is 5.92 Å². The maximum Gasteiger partial charge on any atom is 0.408 e. The van der Waals surface area contributed by atoms with Gasteiger partial charge in [0.25, 0.3) is 0 Å². The predicted molar refractivity (Wildman–Crippen MR) is 174 cm³/mol. The van der Waals surface area contributed by atoms with Crippen LogP contribution in [0.4, 0.5) is 4.79 Å². The van der Waals surface area contributed by atoms with Crippen molar-refractivity contribution in [2.75, 3.05) is 6.61 Å². The Morgan fingerprint density at radius 3 is 1.79 bits per heavy atom. The number of alkyl carbamates (subject to hydrolysis) is 1. The normalized spacial score (nSPS) is 15.1. The molecule has 0 aliphatic rings. The van der Waals surface area contributed by atoms with E-state index < -0.39 is 72.3 Å². The van der Waals surface area contributed by atoms with E-state index in [2.05, 4.69) is 21.3 Å². The number of hydrogen-bond donors (Lipinski definition) is 6. The molecule has 258 valence electrons. The lowest BCUT2D eigenvalue weighted by Gasteiger charge is -2.28. The minimum absolute atomic E-state index is 0.0220. The molecular formula is C34H48N4O9. The van der Waals surface area contributed by atoms with Crippen molar-refractivity contribution in [1.82, 2.24) is 21.3 Å². The SMILES string of the molecule is CC[C@H](C)[C@H](NC(=O)OC(C)(C)C)C(=O)N[C@@H](CO)C(=O)N[C@@H](Cc1ccccc1)C(=O)N[C@H](C(=O)OCc1ccccc1)[C@@H](C)O. The number of esters is 1. The van der Waals surface area contributed by atoms with E-state index in [0.717, 1.165) is 0 Å². The van der Waals surface area contributed by atoms with Crippen molar-refractivity contribution in [2.45, 2.75) is 96.9 Å². The summed E-state index contributed by atoms with van der Waals surface area (Å²) in [5, 5.41) is 30.4. The first-order valence-electron chi connectivity index (χ1n) is 15.6. The van der Waals surface area contributed by atoms with Gasteiger partial charge in [0, 0.05) is 6.42 Å². The van der Waals surface area contributed by atoms with Crippen LogP contribution >= 0.6 is 0 Å². The highest BCUT2D eigenvalue weighted by Gasteiger charge is 2.34. The molecule has 0 saturated heterocycles. The molecule has 0 spiro atoms.